The number of nitrogens with one attached hydrogen (secondary N) is 1. The first-order valence-electron chi connectivity index (χ1n) is 5.27. The van der Waals surface area contributed by atoms with Gasteiger partial charge < -0.3 is 10.4 Å². The number of carboxylic acids is 1. The number of carbonyl (C=O) groups excluding carboxylic acids is 1. The number of hydrogen-bond donors (Lipinski definition) is 2. The van der Waals surface area contributed by atoms with E-state index in [9.17, 15) is 14.7 Å². The molecule has 1 aliphatic rings. The predicted octanol–water partition coefficient (Wildman–Crippen LogP) is 1.81. The number of aliphatic carboxylic acids is 1. The summed E-state index contributed by atoms with van der Waals surface area (Å²) in [6.45, 7) is 1.33. The molecule has 4 nitrogen and oxygen atoms in total. The van der Waals surface area contributed by atoms with Crippen LogP contribution in [0.5, 0.6) is 0 Å². The van der Waals surface area contributed by atoms with Gasteiger partial charge in [-0.25, -0.2) is 4.79 Å². The van der Waals surface area contributed by atoms with Gasteiger partial charge in [-0.1, -0.05) is 22.0 Å². The van der Waals surface area contributed by atoms with Crippen LogP contribution in [-0.2, 0) is 21.5 Å². The van der Waals surface area contributed by atoms with Gasteiger partial charge in [0.2, 0.25) is 5.91 Å². The topological polar surface area (TPSA) is 66.4 Å². The van der Waals surface area contributed by atoms with Crippen molar-refractivity contribution in [2.75, 3.05) is 0 Å². The number of hydrogen-bond acceptors (Lipinski definition) is 2. The van der Waals surface area contributed by atoms with E-state index in [1.165, 1.54) is 6.92 Å². The number of carboxylic acid groups (broad SMARTS) is 1. The lowest BCUT2D eigenvalue weighted by Crippen LogP contribution is -2.49. The van der Waals surface area contributed by atoms with Crippen LogP contribution in [0.2, 0.25) is 0 Å². The number of rotatable bonds is 2. The van der Waals surface area contributed by atoms with Crippen LogP contribution in [0.3, 0.4) is 0 Å². The molecule has 0 saturated heterocycles. The summed E-state index contributed by atoms with van der Waals surface area (Å²) in [5, 5.41) is 12.0. The zero-order chi connectivity index (χ0) is 12.6. The van der Waals surface area contributed by atoms with Crippen LogP contribution in [0.25, 0.3) is 0 Å². The van der Waals surface area contributed by atoms with E-state index in [1.807, 2.05) is 6.07 Å². The third-order valence-electron chi connectivity index (χ3n) is 3.05. The lowest BCUT2D eigenvalue weighted by molar-refractivity contribution is -0.147. The molecule has 90 valence electrons. The van der Waals surface area contributed by atoms with Gasteiger partial charge in [-0.3, -0.25) is 4.79 Å². The van der Waals surface area contributed by atoms with Crippen LogP contribution >= 0.6 is 15.9 Å². The van der Waals surface area contributed by atoms with Crippen molar-refractivity contribution in [1.82, 2.24) is 5.32 Å². The Morgan fingerprint density at radius 1 is 1.47 bits per heavy atom. The van der Waals surface area contributed by atoms with E-state index < -0.39 is 11.5 Å². The fourth-order valence-corrected chi connectivity index (χ4v) is 2.76. The summed E-state index contributed by atoms with van der Waals surface area (Å²) < 4.78 is 0.917. The van der Waals surface area contributed by atoms with Gasteiger partial charge in [0.15, 0.2) is 5.54 Å². The van der Waals surface area contributed by atoms with Crippen molar-refractivity contribution in [3.05, 3.63) is 33.8 Å². The van der Waals surface area contributed by atoms with Gasteiger partial charge in [-0.2, -0.15) is 0 Å². The molecule has 1 aromatic rings. The van der Waals surface area contributed by atoms with Gasteiger partial charge in [0.05, 0.1) is 0 Å². The summed E-state index contributed by atoms with van der Waals surface area (Å²) in [6.07, 6.45) is 1.05. The SMILES string of the molecule is CC(=O)NC1(C(=O)O)CCc2cc(Br)ccc21. The van der Waals surface area contributed by atoms with Crippen molar-refractivity contribution < 1.29 is 14.7 Å². The average molecular weight is 298 g/mol. The Balaban J connectivity index is 2.53. The van der Waals surface area contributed by atoms with Crippen molar-refractivity contribution in [2.24, 2.45) is 0 Å². The largest absolute Gasteiger partial charge is 0.479 e. The molecule has 0 aromatic heterocycles. The highest BCUT2D eigenvalue weighted by Gasteiger charge is 2.46. The van der Waals surface area contributed by atoms with Crippen LogP contribution in [0.1, 0.15) is 24.5 Å². The Labute approximate surface area is 107 Å². The molecule has 0 radical (unpaired) electrons. The molecule has 2 rings (SSSR count). The second-order valence-electron chi connectivity index (χ2n) is 4.19. The highest BCUT2D eigenvalue weighted by Crippen LogP contribution is 2.38. The molecule has 0 spiro atoms. The van der Waals surface area contributed by atoms with E-state index in [0.29, 0.717) is 18.4 Å². The summed E-state index contributed by atoms with van der Waals surface area (Å²) in [7, 11) is 0. The van der Waals surface area contributed by atoms with Crippen LogP contribution in [0, 0.1) is 0 Å². The summed E-state index contributed by atoms with van der Waals surface area (Å²) in [5.74, 6) is -1.34. The highest BCUT2D eigenvalue weighted by atomic mass is 79.9. The van der Waals surface area contributed by atoms with Gasteiger partial charge in [-0.15, -0.1) is 0 Å². The van der Waals surface area contributed by atoms with E-state index >= 15 is 0 Å². The first kappa shape index (κ1) is 12.1. The quantitative estimate of drug-likeness (QED) is 0.875. The summed E-state index contributed by atoms with van der Waals surface area (Å²) in [5.41, 5.74) is 0.390. The van der Waals surface area contributed by atoms with Crippen molar-refractivity contribution in [3.8, 4) is 0 Å². The fraction of sp³-hybridized carbons (Fsp3) is 0.333. The van der Waals surface area contributed by atoms with Crippen LogP contribution < -0.4 is 5.32 Å². The summed E-state index contributed by atoms with van der Waals surface area (Å²) in [4.78, 5) is 22.7. The lowest BCUT2D eigenvalue weighted by Gasteiger charge is -2.26. The first-order chi connectivity index (χ1) is 7.95. The second kappa shape index (κ2) is 4.14. The Kier molecular flexibility index (Phi) is 2.95. The average Bonchev–Trinajstić information content (AvgIpc) is 2.57. The first-order valence-corrected chi connectivity index (χ1v) is 6.06. The maximum absolute atomic E-state index is 11.5. The Bertz CT molecular complexity index is 501. The minimum atomic E-state index is -1.26. The van der Waals surface area contributed by atoms with Crippen molar-refractivity contribution in [2.45, 2.75) is 25.3 Å². The van der Waals surface area contributed by atoms with Crippen LogP contribution in [0.4, 0.5) is 0 Å². The maximum atomic E-state index is 11.5. The molecule has 1 aliphatic carbocycles. The molecule has 1 unspecified atom stereocenters. The number of fused-ring (bicyclic) bond motifs is 1. The van der Waals surface area contributed by atoms with Crippen LogP contribution in [-0.4, -0.2) is 17.0 Å². The number of aryl methyl sites for hydroxylation is 1. The van der Waals surface area contributed by atoms with Crippen LogP contribution in [0.15, 0.2) is 22.7 Å². The molecule has 1 atom stereocenters. The smallest absolute Gasteiger partial charge is 0.334 e. The number of amides is 1. The molecular formula is C12H12BrNO3. The molecule has 1 amide bonds. The normalized spacial score (nSPS) is 22.0. The minimum Gasteiger partial charge on any atom is -0.479 e. The zero-order valence-electron chi connectivity index (χ0n) is 9.29. The molecule has 2 N–H and O–H groups in total. The molecule has 5 heteroatoms. The molecule has 0 aliphatic heterocycles. The maximum Gasteiger partial charge on any atom is 0.334 e. The molecule has 1 aromatic carbocycles. The standard InChI is InChI=1S/C12H12BrNO3/c1-7(15)14-12(11(16)17)5-4-8-6-9(13)2-3-10(8)12/h2-3,6H,4-5H2,1H3,(H,14,15)(H,16,17). The molecule has 17 heavy (non-hydrogen) atoms. The van der Waals surface area contributed by atoms with Crippen molar-refractivity contribution in [3.63, 3.8) is 0 Å². The van der Waals surface area contributed by atoms with Gasteiger partial charge in [-0.05, 0) is 36.1 Å². The monoisotopic (exact) mass is 297 g/mol. The zero-order valence-corrected chi connectivity index (χ0v) is 10.9. The van der Waals surface area contributed by atoms with E-state index in [4.69, 9.17) is 0 Å². The van der Waals surface area contributed by atoms with Gasteiger partial charge in [0.1, 0.15) is 0 Å². The molecule has 0 saturated carbocycles. The predicted molar refractivity (Wildman–Crippen MR) is 65.6 cm³/mol. The van der Waals surface area contributed by atoms with Crippen molar-refractivity contribution in [1.29, 1.82) is 0 Å². The third kappa shape index (κ3) is 1.95. The minimum absolute atomic E-state index is 0.330. The summed E-state index contributed by atoms with van der Waals surface area (Å²) in [6, 6.07) is 5.46. The van der Waals surface area contributed by atoms with E-state index in [0.717, 1.165) is 10.0 Å². The van der Waals surface area contributed by atoms with Crippen molar-refractivity contribution >= 4 is 27.8 Å². The molecule has 0 fully saturated rings. The number of benzene rings is 1. The van der Waals surface area contributed by atoms with E-state index in [1.54, 1.807) is 12.1 Å². The molecule has 0 bridgehead atoms. The van der Waals surface area contributed by atoms with Gasteiger partial charge in [0, 0.05) is 11.4 Å². The number of carbonyl (C=O) groups is 2. The Hall–Kier alpha value is -1.36. The third-order valence-corrected chi connectivity index (χ3v) is 3.54. The summed E-state index contributed by atoms with van der Waals surface area (Å²) >= 11 is 3.36. The second-order valence-corrected chi connectivity index (χ2v) is 5.11. The lowest BCUT2D eigenvalue weighted by atomic mass is 9.92. The van der Waals surface area contributed by atoms with E-state index in [-0.39, 0.29) is 5.91 Å². The molecule has 0 heterocycles. The van der Waals surface area contributed by atoms with Gasteiger partial charge in [0.25, 0.3) is 0 Å². The Morgan fingerprint density at radius 3 is 2.76 bits per heavy atom. The van der Waals surface area contributed by atoms with E-state index in [2.05, 4.69) is 21.2 Å². The van der Waals surface area contributed by atoms with Gasteiger partial charge >= 0.3 is 5.97 Å². The fourth-order valence-electron chi connectivity index (χ4n) is 2.35. The number of halogens is 1. The molecular weight excluding hydrogens is 286 g/mol. The Morgan fingerprint density at radius 2 is 2.18 bits per heavy atom. The highest BCUT2D eigenvalue weighted by molar-refractivity contribution is 9.10.